The number of piperidine rings is 2. The van der Waals surface area contributed by atoms with Crippen molar-refractivity contribution in [2.24, 2.45) is 0 Å². The zero-order valence-corrected chi connectivity index (χ0v) is 10.5. The molecule has 2 aliphatic rings. The van der Waals surface area contributed by atoms with Gasteiger partial charge in [0.25, 0.3) is 0 Å². The van der Waals surface area contributed by atoms with E-state index in [-0.39, 0.29) is 0 Å². The average Bonchev–Trinajstić information content (AvgIpc) is 2.58. The van der Waals surface area contributed by atoms with Crippen molar-refractivity contribution in [2.75, 3.05) is 0 Å². The fourth-order valence-electron chi connectivity index (χ4n) is 3.68. The molecule has 1 aromatic rings. The molecule has 2 saturated heterocycles. The Balaban J connectivity index is 1.96. The molecule has 3 heterocycles. The molecule has 0 saturated carbocycles. The van der Waals surface area contributed by atoms with Gasteiger partial charge in [0, 0.05) is 17.6 Å². The molecule has 17 heavy (non-hydrogen) atoms. The zero-order valence-electron chi connectivity index (χ0n) is 10.5. The second-order valence-corrected chi connectivity index (χ2v) is 5.63. The Morgan fingerprint density at radius 2 is 1.94 bits per heavy atom. The Labute approximate surface area is 101 Å². The van der Waals surface area contributed by atoms with Gasteiger partial charge in [-0.25, -0.2) is 0 Å². The van der Waals surface area contributed by atoms with Crippen LogP contribution in [0.3, 0.4) is 0 Å². The van der Waals surface area contributed by atoms with Crippen molar-refractivity contribution in [2.45, 2.75) is 63.6 Å². The third-order valence-electron chi connectivity index (χ3n) is 4.24. The van der Waals surface area contributed by atoms with Crippen molar-refractivity contribution >= 4 is 0 Å². The lowest BCUT2D eigenvalue weighted by Crippen LogP contribution is -2.54. The second kappa shape index (κ2) is 3.82. The van der Waals surface area contributed by atoms with Crippen LogP contribution >= 0.6 is 0 Å². The molecule has 3 rings (SSSR count). The fourth-order valence-corrected chi connectivity index (χ4v) is 3.68. The number of rotatable bonds is 1. The molecule has 2 unspecified atom stereocenters. The highest BCUT2D eigenvalue weighted by atomic mass is 16.5. The third kappa shape index (κ3) is 1.79. The van der Waals surface area contributed by atoms with Crippen LogP contribution in [0.25, 0.3) is 0 Å². The van der Waals surface area contributed by atoms with Gasteiger partial charge in [0.1, 0.15) is 5.76 Å². The van der Waals surface area contributed by atoms with E-state index in [4.69, 9.17) is 4.52 Å². The van der Waals surface area contributed by atoms with E-state index in [2.05, 4.69) is 10.5 Å². The molecule has 2 N–H and O–H groups in total. The largest absolute Gasteiger partial charge is 0.385 e. The summed E-state index contributed by atoms with van der Waals surface area (Å²) in [7, 11) is 0. The minimum absolute atomic E-state index is 0.446. The summed E-state index contributed by atoms with van der Waals surface area (Å²) in [6.45, 7) is 3.81. The number of hydrogen-bond acceptors (Lipinski definition) is 4. The van der Waals surface area contributed by atoms with Gasteiger partial charge in [-0.15, -0.1) is 0 Å². The normalized spacial score (nSPS) is 37.1. The monoisotopic (exact) mass is 236 g/mol. The molecule has 2 bridgehead atoms. The van der Waals surface area contributed by atoms with E-state index in [0.29, 0.717) is 12.1 Å². The molecular formula is C13H20N2O2. The first-order valence-electron chi connectivity index (χ1n) is 6.50. The Bertz CT molecular complexity index is 396. The molecule has 0 amide bonds. The molecule has 0 aliphatic carbocycles. The Morgan fingerprint density at radius 1 is 1.29 bits per heavy atom. The third-order valence-corrected chi connectivity index (χ3v) is 4.24. The summed E-state index contributed by atoms with van der Waals surface area (Å²) < 4.78 is 5.21. The molecule has 0 radical (unpaired) electrons. The molecule has 94 valence electrons. The number of aliphatic hydroxyl groups is 1. The topological polar surface area (TPSA) is 58.3 Å². The Hall–Kier alpha value is -0.870. The fraction of sp³-hybridized carbons (Fsp3) is 0.769. The molecule has 1 aromatic heterocycles. The Kier molecular flexibility index (Phi) is 2.52. The summed E-state index contributed by atoms with van der Waals surface area (Å²) in [5, 5.41) is 18.5. The van der Waals surface area contributed by atoms with E-state index in [1.807, 2.05) is 13.8 Å². The SMILES string of the molecule is Cc1noc(C)c1C1(O)CC2CCCC(C1)N2. The predicted octanol–water partition coefficient (Wildman–Crippen LogP) is 1.78. The molecule has 2 fully saturated rings. The maximum atomic E-state index is 11.0. The van der Waals surface area contributed by atoms with Gasteiger partial charge in [0.05, 0.1) is 11.3 Å². The van der Waals surface area contributed by atoms with Gasteiger partial charge in [-0.1, -0.05) is 11.6 Å². The van der Waals surface area contributed by atoms with Crippen molar-refractivity contribution in [3.05, 3.63) is 17.0 Å². The smallest absolute Gasteiger partial charge is 0.140 e. The summed E-state index contributed by atoms with van der Waals surface area (Å²) in [5.74, 6) is 0.768. The van der Waals surface area contributed by atoms with E-state index in [1.54, 1.807) is 0 Å². The lowest BCUT2D eigenvalue weighted by molar-refractivity contribution is -0.0372. The highest BCUT2D eigenvalue weighted by Gasteiger charge is 2.44. The van der Waals surface area contributed by atoms with Crippen molar-refractivity contribution in [1.82, 2.24) is 10.5 Å². The van der Waals surface area contributed by atoms with E-state index in [0.717, 1.165) is 29.9 Å². The average molecular weight is 236 g/mol. The lowest BCUT2D eigenvalue weighted by Gasteiger charge is -2.45. The van der Waals surface area contributed by atoms with Crippen molar-refractivity contribution in [1.29, 1.82) is 0 Å². The molecule has 0 spiro atoms. The number of hydrogen-bond donors (Lipinski definition) is 2. The molecule has 2 aliphatic heterocycles. The molecule has 2 atom stereocenters. The van der Waals surface area contributed by atoms with E-state index in [9.17, 15) is 5.11 Å². The minimum atomic E-state index is -0.741. The first-order chi connectivity index (χ1) is 8.08. The van der Waals surface area contributed by atoms with Gasteiger partial charge >= 0.3 is 0 Å². The maximum Gasteiger partial charge on any atom is 0.140 e. The van der Waals surface area contributed by atoms with Crippen LogP contribution in [0.1, 0.15) is 49.1 Å². The van der Waals surface area contributed by atoms with Crippen LogP contribution in [0.5, 0.6) is 0 Å². The van der Waals surface area contributed by atoms with Crippen LogP contribution in [-0.4, -0.2) is 22.3 Å². The minimum Gasteiger partial charge on any atom is -0.385 e. The quantitative estimate of drug-likeness (QED) is 0.780. The lowest BCUT2D eigenvalue weighted by atomic mass is 9.73. The number of aryl methyl sites for hydroxylation is 2. The molecule has 4 heteroatoms. The summed E-state index contributed by atoms with van der Waals surface area (Å²) in [6.07, 6.45) is 5.18. The molecular weight excluding hydrogens is 216 g/mol. The van der Waals surface area contributed by atoms with E-state index >= 15 is 0 Å². The van der Waals surface area contributed by atoms with Crippen LogP contribution in [0.15, 0.2) is 4.52 Å². The van der Waals surface area contributed by atoms with Gasteiger partial charge in [0.2, 0.25) is 0 Å². The molecule has 0 aromatic carbocycles. The van der Waals surface area contributed by atoms with Gasteiger partial charge in [0.15, 0.2) is 0 Å². The number of fused-ring (bicyclic) bond motifs is 2. The maximum absolute atomic E-state index is 11.0. The number of nitrogens with zero attached hydrogens (tertiary/aromatic N) is 1. The number of nitrogens with one attached hydrogen (secondary N) is 1. The number of aromatic nitrogens is 1. The predicted molar refractivity (Wildman–Crippen MR) is 63.7 cm³/mol. The molecule has 4 nitrogen and oxygen atoms in total. The summed E-state index contributed by atoms with van der Waals surface area (Å²) in [4.78, 5) is 0. The second-order valence-electron chi connectivity index (χ2n) is 5.63. The first kappa shape index (κ1) is 11.2. The summed E-state index contributed by atoms with van der Waals surface area (Å²) in [5.41, 5.74) is 1.02. The van der Waals surface area contributed by atoms with Crippen LogP contribution < -0.4 is 5.32 Å². The summed E-state index contributed by atoms with van der Waals surface area (Å²) in [6, 6.07) is 0.891. The van der Waals surface area contributed by atoms with Crippen LogP contribution in [0.2, 0.25) is 0 Å². The van der Waals surface area contributed by atoms with Crippen LogP contribution in [-0.2, 0) is 5.60 Å². The zero-order chi connectivity index (χ0) is 12.0. The van der Waals surface area contributed by atoms with Crippen molar-refractivity contribution in [3.8, 4) is 0 Å². The highest BCUT2D eigenvalue weighted by molar-refractivity contribution is 5.30. The standard InChI is InChI=1S/C13H20N2O2/c1-8-12(9(2)17-15-8)13(16)6-10-4-3-5-11(7-13)14-10/h10-11,14,16H,3-7H2,1-2H3. The van der Waals surface area contributed by atoms with Crippen molar-refractivity contribution in [3.63, 3.8) is 0 Å². The van der Waals surface area contributed by atoms with Crippen LogP contribution in [0, 0.1) is 13.8 Å². The Morgan fingerprint density at radius 3 is 2.47 bits per heavy atom. The first-order valence-corrected chi connectivity index (χ1v) is 6.50. The van der Waals surface area contributed by atoms with E-state index < -0.39 is 5.60 Å². The van der Waals surface area contributed by atoms with Gasteiger partial charge in [-0.3, -0.25) is 0 Å². The van der Waals surface area contributed by atoms with Gasteiger partial charge < -0.3 is 14.9 Å². The van der Waals surface area contributed by atoms with Gasteiger partial charge in [-0.05, 0) is 39.5 Å². The summed E-state index contributed by atoms with van der Waals surface area (Å²) >= 11 is 0. The highest BCUT2D eigenvalue weighted by Crippen LogP contribution is 2.41. The van der Waals surface area contributed by atoms with Crippen LogP contribution in [0.4, 0.5) is 0 Å². The van der Waals surface area contributed by atoms with Gasteiger partial charge in [-0.2, -0.15) is 0 Å². The van der Waals surface area contributed by atoms with Crippen molar-refractivity contribution < 1.29 is 9.63 Å². The van der Waals surface area contributed by atoms with E-state index in [1.165, 1.54) is 19.3 Å².